The van der Waals surface area contributed by atoms with E-state index in [1.165, 1.54) is 0 Å². The molecule has 0 fully saturated rings. The van der Waals surface area contributed by atoms with Gasteiger partial charge in [0, 0.05) is 0 Å². The van der Waals surface area contributed by atoms with Gasteiger partial charge in [-0.1, -0.05) is 0 Å². The molecule has 0 amide bonds. The molecule has 0 atom stereocenters. The van der Waals surface area contributed by atoms with E-state index in [1.807, 2.05) is 0 Å². The monoisotopic (exact) mass is 690 g/mol. The Morgan fingerprint density at radius 1 is 0.346 bits per heavy atom. The van der Waals surface area contributed by atoms with E-state index in [0.717, 1.165) is 0 Å². The maximum atomic E-state index is 9.41. The van der Waals surface area contributed by atoms with Gasteiger partial charge in [-0.15, -0.1) is 0 Å². The Balaban J connectivity index is -0.0000000817. The van der Waals surface area contributed by atoms with Crippen molar-refractivity contribution in [2.45, 2.75) is 0 Å². The SMILES string of the molecule is O=C([O-])/C=C/C(=O)[O-].O=C([O-])/C=C/C(=O)[O-].O=C([O-])/C=C/C(=O)[O-].[Yb+3].[Yb+3]. The van der Waals surface area contributed by atoms with E-state index < -0.39 is 35.8 Å². The van der Waals surface area contributed by atoms with Crippen molar-refractivity contribution in [1.29, 1.82) is 0 Å². The minimum absolute atomic E-state index is 0. The van der Waals surface area contributed by atoms with E-state index in [0.29, 0.717) is 36.5 Å². The molecule has 0 aliphatic carbocycles. The van der Waals surface area contributed by atoms with Gasteiger partial charge in [0.05, 0.1) is 35.8 Å². The zero-order valence-electron chi connectivity index (χ0n) is 11.9. The van der Waals surface area contributed by atoms with Crippen LogP contribution in [0.5, 0.6) is 0 Å². The number of carboxylic acids is 6. The fourth-order valence-electron chi connectivity index (χ4n) is 0.408. The van der Waals surface area contributed by atoms with E-state index in [-0.39, 0.29) is 93.8 Å². The Morgan fingerprint density at radius 2 is 0.423 bits per heavy atom. The number of hydrogen-bond acceptors (Lipinski definition) is 12. The second-order valence-electron chi connectivity index (χ2n) is 2.91. The van der Waals surface area contributed by atoms with Crippen molar-refractivity contribution < 1.29 is 153 Å². The van der Waals surface area contributed by atoms with E-state index in [9.17, 15) is 59.4 Å². The Labute approximate surface area is 222 Å². The van der Waals surface area contributed by atoms with Gasteiger partial charge < -0.3 is 59.4 Å². The molecule has 0 aliphatic rings. The number of hydrogen-bond donors (Lipinski definition) is 0. The van der Waals surface area contributed by atoms with E-state index in [4.69, 9.17) is 0 Å². The summed E-state index contributed by atoms with van der Waals surface area (Å²) >= 11 is 0. The summed E-state index contributed by atoms with van der Waals surface area (Å²) in [6, 6.07) is 0. The Bertz CT molecular complexity index is 448. The van der Waals surface area contributed by atoms with Gasteiger partial charge in [-0.25, -0.2) is 0 Å². The Morgan fingerprint density at radius 3 is 0.462 bits per heavy atom. The molecule has 14 heteroatoms. The average molecular weight is 688 g/mol. The fraction of sp³-hybridized carbons (Fsp3) is 0. The standard InChI is InChI=1S/3C4H4O4.2Yb/c3*5-3(6)1-2-4(7)8;;/h3*1-2H,(H,5,6)(H,7,8);;/q;;;2*+3/p-6/b3*2-1+;;. The number of carbonyl (C=O) groups is 6. The van der Waals surface area contributed by atoms with Crippen LogP contribution in [-0.2, 0) is 28.8 Å². The molecule has 0 saturated heterocycles. The van der Waals surface area contributed by atoms with Gasteiger partial charge in [-0.2, -0.15) is 0 Å². The average Bonchev–Trinajstić information content (AvgIpc) is 2.42. The number of rotatable bonds is 6. The molecular formula is C12H6O12Yb2. The summed E-state index contributed by atoms with van der Waals surface area (Å²) in [5, 5.41) is 56.5. The van der Waals surface area contributed by atoms with Gasteiger partial charge in [-0.3, -0.25) is 0 Å². The molecule has 0 N–H and O–H groups in total. The second-order valence-corrected chi connectivity index (χ2v) is 2.91. The summed E-state index contributed by atoms with van der Waals surface area (Å²) in [5.41, 5.74) is 0. The minimum Gasteiger partial charge on any atom is -0.545 e. The smallest absolute Gasteiger partial charge is 0.545 e. The molecule has 0 rings (SSSR count). The third-order valence-corrected chi connectivity index (χ3v) is 1.07. The third kappa shape index (κ3) is 56.8. The zero-order valence-corrected chi connectivity index (χ0v) is 15.3. The molecule has 0 aromatic carbocycles. The van der Waals surface area contributed by atoms with Crippen LogP contribution < -0.4 is 30.6 Å². The summed E-state index contributed by atoms with van der Waals surface area (Å²) in [4.78, 5) is 56.5. The molecule has 0 aliphatic heterocycles. The van der Waals surface area contributed by atoms with Crippen LogP contribution in [0.2, 0.25) is 0 Å². The minimum atomic E-state index is -1.55. The Hall–Kier alpha value is -0.921. The molecule has 0 heterocycles. The predicted octanol–water partition coefficient (Wildman–Crippen LogP) is -8.87. The van der Waals surface area contributed by atoms with Crippen LogP contribution in [0.25, 0.3) is 0 Å². The van der Waals surface area contributed by atoms with Crippen molar-refractivity contribution in [3.63, 3.8) is 0 Å². The molecule has 12 nitrogen and oxygen atoms in total. The van der Waals surface area contributed by atoms with Gasteiger partial charge in [0.15, 0.2) is 0 Å². The largest absolute Gasteiger partial charge is 3.00 e. The van der Waals surface area contributed by atoms with E-state index >= 15 is 0 Å². The van der Waals surface area contributed by atoms with Crippen LogP contribution in [0.1, 0.15) is 0 Å². The molecule has 2 radical (unpaired) electrons. The van der Waals surface area contributed by atoms with Gasteiger partial charge in [0.2, 0.25) is 0 Å². The fourth-order valence-corrected chi connectivity index (χ4v) is 0.408. The van der Waals surface area contributed by atoms with Crippen LogP contribution in [0.15, 0.2) is 36.5 Å². The van der Waals surface area contributed by atoms with Gasteiger partial charge in [-0.05, 0) is 36.5 Å². The zero-order chi connectivity index (χ0) is 19.7. The van der Waals surface area contributed by atoms with Crippen molar-refractivity contribution in [3.05, 3.63) is 36.5 Å². The molecule has 0 aromatic heterocycles. The van der Waals surface area contributed by atoms with Crippen LogP contribution >= 0.6 is 0 Å². The maximum absolute atomic E-state index is 9.41. The van der Waals surface area contributed by atoms with Crippen molar-refractivity contribution in [1.82, 2.24) is 0 Å². The molecule has 0 saturated carbocycles. The van der Waals surface area contributed by atoms with Gasteiger partial charge in [0.25, 0.3) is 0 Å². The van der Waals surface area contributed by atoms with Gasteiger partial charge >= 0.3 is 93.8 Å². The number of aliphatic carboxylic acids is 6. The quantitative estimate of drug-likeness (QED) is 0.237. The first kappa shape index (κ1) is 36.1. The van der Waals surface area contributed by atoms with E-state index in [2.05, 4.69) is 0 Å². The first-order valence-electron chi connectivity index (χ1n) is 5.18. The summed E-state index contributed by atoms with van der Waals surface area (Å²) in [6.45, 7) is 0. The van der Waals surface area contributed by atoms with Crippen LogP contribution in [0, 0.1) is 93.8 Å². The molecule has 0 bridgehead atoms. The van der Waals surface area contributed by atoms with Gasteiger partial charge in [0.1, 0.15) is 0 Å². The molecule has 0 unspecified atom stereocenters. The van der Waals surface area contributed by atoms with Crippen LogP contribution in [0.4, 0.5) is 0 Å². The molecule has 26 heavy (non-hydrogen) atoms. The summed E-state index contributed by atoms with van der Waals surface area (Å²) in [7, 11) is 0. The van der Waals surface area contributed by atoms with Crippen molar-refractivity contribution >= 4 is 35.8 Å². The first-order chi connectivity index (χ1) is 10.9. The van der Waals surface area contributed by atoms with Crippen molar-refractivity contribution in [2.75, 3.05) is 0 Å². The number of carbonyl (C=O) groups excluding carboxylic acids is 6. The van der Waals surface area contributed by atoms with Crippen molar-refractivity contribution in [2.24, 2.45) is 0 Å². The Kier molecular flexibility index (Phi) is 33.4. The topological polar surface area (TPSA) is 241 Å². The maximum Gasteiger partial charge on any atom is 3.00 e. The van der Waals surface area contributed by atoms with E-state index in [1.54, 1.807) is 0 Å². The van der Waals surface area contributed by atoms with Crippen molar-refractivity contribution in [3.8, 4) is 0 Å². The molecular weight excluding hydrogens is 682 g/mol. The van der Waals surface area contributed by atoms with Crippen LogP contribution in [0.3, 0.4) is 0 Å². The number of carboxylic acid groups (broad SMARTS) is 6. The third-order valence-electron chi connectivity index (χ3n) is 1.07. The summed E-state index contributed by atoms with van der Waals surface area (Å²) in [5.74, 6) is -9.28. The first-order valence-corrected chi connectivity index (χ1v) is 5.18. The normalized spacial score (nSPS) is 8.77. The second kappa shape index (κ2) is 24.1. The van der Waals surface area contributed by atoms with Crippen LogP contribution in [-0.4, -0.2) is 35.8 Å². The molecule has 154 valence electrons. The molecule has 0 aromatic rings. The molecule has 0 spiro atoms. The summed E-state index contributed by atoms with van der Waals surface area (Å²) < 4.78 is 0. The summed E-state index contributed by atoms with van der Waals surface area (Å²) in [6.07, 6.45) is 2.31. The predicted molar refractivity (Wildman–Crippen MR) is 57.5 cm³/mol.